The number of aromatic nitrogens is 1. The Hall–Kier alpha value is -2.14. The van der Waals surface area contributed by atoms with Crippen LogP contribution in [0.1, 0.15) is 18.1 Å². The molecule has 0 spiro atoms. The quantitative estimate of drug-likeness (QED) is 0.828. The third-order valence-electron chi connectivity index (χ3n) is 3.14. The van der Waals surface area contributed by atoms with Crippen molar-refractivity contribution in [2.45, 2.75) is 26.8 Å². The van der Waals surface area contributed by atoms with Crippen LogP contribution in [0.15, 0.2) is 42.6 Å². The molecule has 0 aliphatic heterocycles. The van der Waals surface area contributed by atoms with E-state index in [4.69, 9.17) is 17.0 Å². The molecule has 1 aromatic heterocycles. The Morgan fingerprint density at radius 3 is 2.64 bits per heavy atom. The van der Waals surface area contributed by atoms with Crippen LogP contribution >= 0.6 is 12.2 Å². The van der Waals surface area contributed by atoms with Gasteiger partial charge in [-0.15, -0.1) is 0 Å². The van der Waals surface area contributed by atoms with E-state index in [0.717, 1.165) is 17.1 Å². The first-order valence-electron chi connectivity index (χ1n) is 7.23. The lowest BCUT2D eigenvalue weighted by Gasteiger charge is -2.18. The van der Waals surface area contributed by atoms with Gasteiger partial charge in [0.05, 0.1) is 6.04 Å². The lowest BCUT2D eigenvalue weighted by Crippen LogP contribution is -2.39. The fourth-order valence-electron chi connectivity index (χ4n) is 1.88. The summed E-state index contributed by atoms with van der Waals surface area (Å²) in [6.07, 6.45) is 1.74. The molecule has 4 nitrogen and oxygen atoms in total. The summed E-state index contributed by atoms with van der Waals surface area (Å²) in [6.45, 7) is 6.60. The van der Waals surface area contributed by atoms with Gasteiger partial charge in [-0.25, -0.2) is 4.98 Å². The molecule has 1 atom stereocenters. The third-order valence-corrected chi connectivity index (χ3v) is 3.36. The number of rotatable bonds is 5. The molecule has 116 valence electrons. The van der Waals surface area contributed by atoms with Crippen LogP contribution < -0.4 is 15.4 Å². The van der Waals surface area contributed by atoms with Crippen molar-refractivity contribution in [1.29, 1.82) is 0 Å². The van der Waals surface area contributed by atoms with Gasteiger partial charge >= 0.3 is 0 Å². The minimum Gasteiger partial charge on any atom is -0.491 e. The second kappa shape index (κ2) is 7.75. The summed E-state index contributed by atoms with van der Waals surface area (Å²) in [5.74, 6) is 1.63. The van der Waals surface area contributed by atoms with Gasteiger partial charge in [-0.05, 0) is 56.8 Å². The molecule has 0 saturated carbocycles. The summed E-state index contributed by atoms with van der Waals surface area (Å²) in [4.78, 5) is 4.26. The van der Waals surface area contributed by atoms with Gasteiger partial charge in [0.15, 0.2) is 5.11 Å². The molecule has 0 bridgehead atoms. The molecule has 0 aliphatic rings. The molecule has 1 aromatic carbocycles. The molecule has 2 aromatic rings. The molecule has 0 fully saturated rings. The molecule has 0 aliphatic carbocycles. The van der Waals surface area contributed by atoms with Crippen molar-refractivity contribution in [2.75, 3.05) is 11.9 Å². The fourth-order valence-corrected chi connectivity index (χ4v) is 2.18. The molecule has 2 rings (SSSR count). The zero-order valence-electron chi connectivity index (χ0n) is 13.1. The number of pyridine rings is 1. The standard InChI is InChI=1S/C17H21N3OS/c1-12-6-8-15(9-7-12)21-11-14(3)19-17(22)20-16-13(2)5-4-10-18-16/h4-10,14H,11H2,1-3H3,(H2,18,19,20,22)/t14-/m0/s1. The van der Waals surface area contributed by atoms with Crippen molar-refractivity contribution in [1.82, 2.24) is 10.3 Å². The number of benzene rings is 1. The van der Waals surface area contributed by atoms with Gasteiger partial charge in [0, 0.05) is 6.20 Å². The molecular weight excluding hydrogens is 294 g/mol. The van der Waals surface area contributed by atoms with E-state index in [1.54, 1.807) is 6.20 Å². The Labute approximate surface area is 136 Å². The Morgan fingerprint density at radius 1 is 1.23 bits per heavy atom. The summed E-state index contributed by atoms with van der Waals surface area (Å²) in [5, 5.41) is 6.84. The zero-order valence-corrected chi connectivity index (χ0v) is 13.9. The van der Waals surface area contributed by atoms with Crippen LogP contribution in [-0.2, 0) is 0 Å². The van der Waals surface area contributed by atoms with Gasteiger partial charge in [0.2, 0.25) is 0 Å². The average molecular weight is 315 g/mol. The maximum absolute atomic E-state index is 5.73. The summed E-state index contributed by atoms with van der Waals surface area (Å²) in [6, 6.07) is 12.0. The van der Waals surface area contributed by atoms with Crippen molar-refractivity contribution in [3.63, 3.8) is 0 Å². The van der Waals surface area contributed by atoms with Gasteiger partial charge in [0.25, 0.3) is 0 Å². The van der Waals surface area contributed by atoms with E-state index in [1.807, 2.05) is 50.2 Å². The van der Waals surface area contributed by atoms with E-state index in [2.05, 4.69) is 22.5 Å². The van der Waals surface area contributed by atoms with Crippen molar-refractivity contribution in [3.05, 3.63) is 53.7 Å². The van der Waals surface area contributed by atoms with Crippen molar-refractivity contribution in [2.24, 2.45) is 0 Å². The minimum atomic E-state index is 0.0883. The number of nitrogens with zero attached hydrogens (tertiary/aromatic N) is 1. The highest BCUT2D eigenvalue weighted by molar-refractivity contribution is 7.80. The molecule has 0 unspecified atom stereocenters. The number of nitrogens with one attached hydrogen (secondary N) is 2. The van der Waals surface area contributed by atoms with Crippen molar-refractivity contribution < 1.29 is 4.74 Å². The maximum Gasteiger partial charge on any atom is 0.172 e. The van der Waals surface area contributed by atoms with Crippen LogP contribution in [0.4, 0.5) is 5.82 Å². The van der Waals surface area contributed by atoms with Crippen LogP contribution in [-0.4, -0.2) is 22.7 Å². The van der Waals surface area contributed by atoms with Crippen LogP contribution in [0.25, 0.3) is 0 Å². The molecule has 22 heavy (non-hydrogen) atoms. The number of hydrogen-bond donors (Lipinski definition) is 2. The molecule has 2 N–H and O–H groups in total. The van der Waals surface area contributed by atoms with Gasteiger partial charge in [-0.1, -0.05) is 23.8 Å². The van der Waals surface area contributed by atoms with E-state index in [0.29, 0.717) is 11.7 Å². The molecule has 1 heterocycles. The van der Waals surface area contributed by atoms with Crippen LogP contribution in [0, 0.1) is 13.8 Å². The number of anilines is 1. The lowest BCUT2D eigenvalue weighted by atomic mass is 10.2. The third kappa shape index (κ3) is 5.00. The van der Waals surface area contributed by atoms with E-state index >= 15 is 0 Å². The van der Waals surface area contributed by atoms with Crippen LogP contribution in [0.5, 0.6) is 5.75 Å². The van der Waals surface area contributed by atoms with E-state index in [9.17, 15) is 0 Å². The number of hydrogen-bond acceptors (Lipinski definition) is 3. The molecule has 0 amide bonds. The second-order valence-electron chi connectivity index (χ2n) is 5.29. The molecular formula is C17H21N3OS. The second-order valence-corrected chi connectivity index (χ2v) is 5.70. The highest BCUT2D eigenvalue weighted by atomic mass is 32.1. The summed E-state index contributed by atoms with van der Waals surface area (Å²) in [5.41, 5.74) is 2.27. The SMILES string of the molecule is Cc1ccc(OC[C@H](C)NC(=S)Nc2ncccc2C)cc1. The number of ether oxygens (including phenoxy) is 1. The highest BCUT2D eigenvalue weighted by Crippen LogP contribution is 2.12. The Morgan fingerprint density at radius 2 is 1.95 bits per heavy atom. The summed E-state index contributed by atoms with van der Waals surface area (Å²) < 4.78 is 5.73. The van der Waals surface area contributed by atoms with E-state index < -0.39 is 0 Å². The Balaban J connectivity index is 1.79. The van der Waals surface area contributed by atoms with Crippen LogP contribution in [0.3, 0.4) is 0 Å². The Bertz CT molecular complexity index is 628. The Kier molecular flexibility index (Phi) is 5.72. The van der Waals surface area contributed by atoms with Gasteiger partial charge in [-0.3, -0.25) is 0 Å². The normalized spacial score (nSPS) is 11.6. The lowest BCUT2D eigenvalue weighted by molar-refractivity contribution is 0.287. The first-order chi connectivity index (χ1) is 10.5. The van der Waals surface area contributed by atoms with E-state index in [1.165, 1.54) is 5.56 Å². The number of aryl methyl sites for hydroxylation is 2. The van der Waals surface area contributed by atoms with Crippen LogP contribution in [0.2, 0.25) is 0 Å². The summed E-state index contributed by atoms with van der Waals surface area (Å²) >= 11 is 5.30. The first-order valence-corrected chi connectivity index (χ1v) is 7.64. The van der Waals surface area contributed by atoms with Gasteiger partial charge in [-0.2, -0.15) is 0 Å². The summed E-state index contributed by atoms with van der Waals surface area (Å²) in [7, 11) is 0. The minimum absolute atomic E-state index is 0.0883. The highest BCUT2D eigenvalue weighted by Gasteiger charge is 2.07. The maximum atomic E-state index is 5.73. The topological polar surface area (TPSA) is 46.2 Å². The van der Waals surface area contributed by atoms with Gasteiger partial charge in [0.1, 0.15) is 18.2 Å². The van der Waals surface area contributed by atoms with Crippen molar-refractivity contribution in [3.8, 4) is 5.75 Å². The first kappa shape index (κ1) is 16.2. The predicted octanol–water partition coefficient (Wildman–Crippen LogP) is 3.45. The zero-order chi connectivity index (χ0) is 15.9. The van der Waals surface area contributed by atoms with Crippen molar-refractivity contribution >= 4 is 23.1 Å². The largest absolute Gasteiger partial charge is 0.491 e. The average Bonchev–Trinajstić information content (AvgIpc) is 2.49. The van der Waals surface area contributed by atoms with Gasteiger partial charge < -0.3 is 15.4 Å². The van der Waals surface area contributed by atoms with E-state index in [-0.39, 0.29) is 6.04 Å². The predicted molar refractivity (Wildman–Crippen MR) is 94.5 cm³/mol. The smallest absolute Gasteiger partial charge is 0.172 e. The number of thiocarbonyl (C=S) groups is 1. The molecule has 0 radical (unpaired) electrons. The molecule has 0 saturated heterocycles. The monoisotopic (exact) mass is 315 g/mol. The molecule has 5 heteroatoms. The fraction of sp³-hybridized carbons (Fsp3) is 0.294.